The molecule has 6 nitrogen and oxygen atoms in total. The van der Waals surface area contributed by atoms with Crippen molar-refractivity contribution in [3.8, 4) is 33.6 Å². The van der Waals surface area contributed by atoms with Crippen molar-refractivity contribution in [1.29, 1.82) is 0 Å². The van der Waals surface area contributed by atoms with Gasteiger partial charge >= 0.3 is 0 Å². The van der Waals surface area contributed by atoms with Gasteiger partial charge in [-0.25, -0.2) is 9.97 Å². The minimum absolute atomic E-state index is 0.233. The molecule has 262 valence electrons. The fraction of sp³-hybridized carbons (Fsp3) is 0.0400. The zero-order valence-electron chi connectivity index (χ0n) is 30.2. The average Bonchev–Trinajstić information content (AvgIpc) is 3.79. The topological polar surface area (TPSA) is 61.4 Å². The summed E-state index contributed by atoms with van der Waals surface area (Å²) in [6.45, 7) is 0. The van der Waals surface area contributed by atoms with Crippen molar-refractivity contribution in [2.75, 3.05) is 0 Å². The Hall–Kier alpha value is -7.62. The van der Waals surface area contributed by atoms with Crippen molar-refractivity contribution >= 4 is 49.4 Å². The highest BCUT2D eigenvalue weighted by atomic mass is 15.1. The third kappa shape index (κ3) is 5.14. The van der Waals surface area contributed by atoms with Crippen molar-refractivity contribution in [3.63, 3.8) is 0 Å². The molecule has 0 fully saturated rings. The van der Waals surface area contributed by atoms with Crippen LogP contribution in [-0.2, 0) is 0 Å². The Bertz CT molecular complexity index is 3170. The standard InChI is InChI=1S/C50H32N6/c1-3-16-41(35-10-6-24-51-31-35)39(14-1)33-20-22-47-45(28-33)43-18-8-26-53-49(43)55(47)37-12-5-13-38(30-37)56-48-23-21-34(29-46(48)44-19-9-27-54-50(44)56)40-15-2-4-17-42(40)36-11-7-25-52-32-36/h1-8,10-16,18,20-32,42H,17H2. The predicted molar refractivity (Wildman–Crippen MR) is 226 cm³/mol. The molecule has 0 spiro atoms. The van der Waals surface area contributed by atoms with Crippen molar-refractivity contribution in [2.45, 2.75) is 12.3 Å². The van der Waals surface area contributed by atoms with Gasteiger partial charge in [-0.05, 0) is 113 Å². The summed E-state index contributed by atoms with van der Waals surface area (Å²) in [5.74, 6) is 0.233. The Kier molecular flexibility index (Phi) is 7.42. The highest BCUT2D eigenvalue weighted by Crippen LogP contribution is 2.41. The van der Waals surface area contributed by atoms with Gasteiger partial charge in [-0.2, -0.15) is 0 Å². The maximum Gasteiger partial charge on any atom is 0.154 e. The molecule has 11 rings (SSSR count). The van der Waals surface area contributed by atoms with Crippen LogP contribution in [0.3, 0.4) is 0 Å². The molecule has 0 saturated heterocycles. The Morgan fingerprint density at radius 1 is 0.571 bits per heavy atom. The molecule has 56 heavy (non-hydrogen) atoms. The van der Waals surface area contributed by atoms with Gasteiger partial charge in [0.2, 0.25) is 0 Å². The van der Waals surface area contributed by atoms with Crippen LogP contribution < -0.4 is 0 Å². The normalized spacial score (nSPS) is 14.1. The SMILES string of the molecule is c1cnc2c(c#1)c1cc(C3=CC=CCC3c3cccnc3)ccc1n2-c1cccc(-n2c3ccc(-c4ccccc4-c4cccnc4)cc3c3cccnc32)c1. The Morgan fingerprint density at radius 3 is 2.14 bits per heavy atom. The third-order valence-electron chi connectivity index (χ3n) is 11.1. The number of fused-ring (bicyclic) bond motifs is 6. The minimum Gasteiger partial charge on any atom is -0.294 e. The highest BCUT2D eigenvalue weighted by molar-refractivity contribution is 6.10. The van der Waals surface area contributed by atoms with Gasteiger partial charge in [0, 0.05) is 70.0 Å². The quantitative estimate of drug-likeness (QED) is 0.172. The number of hydrogen-bond donors (Lipinski definition) is 0. The van der Waals surface area contributed by atoms with E-state index in [1.54, 1.807) is 6.20 Å². The minimum atomic E-state index is 0.233. The second-order valence-corrected chi connectivity index (χ2v) is 14.2. The third-order valence-corrected chi connectivity index (χ3v) is 11.1. The molecule has 4 aromatic carbocycles. The van der Waals surface area contributed by atoms with Gasteiger partial charge in [0.1, 0.15) is 5.65 Å². The van der Waals surface area contributed by atoms with Crippen LogP contribution in [0.5, 0.6) is 0 Å². The fourth-order valence-electron chi connectivity index (χ4n) is 8.54. The van der Waals surface area contributed by atoms with Crippen LogP contribution in [0.1, 0.15) is 23.5 Å². The van der Waals surface area contributed by atoms with Gasteiger partial charge in [-0.15, -0.1) is 0 Å². The molecule has 6 heterocycles. The lowest BCUT2D eigenvalue weighted by atomic mass is 9.82. The van der Waals surface area contributed by atoms with Gasteiger partial charge in [-0.3, -0.25) is 19.1 Å². The van der Waals surface area contributed by atoms with Gasteiger partial charge in [0.05, 0.1) is 22.6 Å². The molecule has 10 aromatic rings. The number of hydrogen-bond acceptors (Lipinski definition) is 4. The molecular weight excluding hydrogens is 685 g/mol. The molecule has 6 aromatic heterocycles. The summed E-state index contributed by atoms with van der Waals surface area (Å²) in [4.78, 5) is 18.6. The number of nitrogens with zero attached hydrogens (tertiary/aromatic N) is 6. The molecule has 0 aliphatic heterocycles. The number of aromatic nitrogens is 6. The number of allylic oxidation sites excluding steroid dienone is 4. The summed E-state index contributed by atoms with van der Waals surface area (Å²) in [6.07, 6.45) is 18.7. The van der Waals surface area contributed by atoms with E-state index in [1.165, 1.54) is 16.7 Å². The van der Waals surface area contributed by atoms with Crippen LogP contribution in [0.15, 0.2) is 177 Å². The Balaban J connectivity index is 1.05. The smallest absolute Gasteiger partial charge is 0.154 e. The van der Waals surface area contributed by atoms with Crippen molar-refractivity contribution in [1.82, 2.24) is 29.1 Å². The van der Waals surface area contributed by atoms with E-state index in [0.29, 0.717) is 0 Å². The maximum absolute atomic E-state index is 4.95. The highest BCUT2D eigenvalue weighted by Gasteiger charge is 2.22. The molecule has 0 radical (unpaired) electrons. The van der Waals surface area contributed by atoms with Gasteiger partial charge in [0.25, 0.3) is 0 Å². The summed E-state index contributed by atoms with van der Waals surface area (Å²) in [7, 11) is 0. The van der Waals surface area contributed by atoms with Crippen LogP contribution in [0.25, 0.3) is 83.1 Å². The molecule has 6 heteroatoms. The van der Waals surface area contributed by atoms with E-state index >= 15 is 0 Å². The summed E-state index contributed by atoms with van der Waals surface area (Å²) in [6, 6.07) is 49.7. The molecule has 1 atom stereocenters. The number of benzene rings is 4. The number of rotatable bonds is 6. The van der Waals surface area contributed by atoms with Crippen LogP contribution >= 0.6 is 0 Å². The first-order valence-corrected chi connectivity index (χ1v) is 18.8. The average molecular weight is 717 g/mol. The maximum atomic E-state index is 4.95. The molecule has 0 saturated carbocycles. The monoisotopic (exact) mass is 716 g/mol. The van der Waals surface area contributed by atoms with Crippen molar-refractivity contribution in [2.24, 2.45) is 0 Å². The molecular formula is C50H32N6. The molecule has 1 aliphatic carbocycles. The van der Waals surface area contributed by atoms with E-state index in [0.717, 1.165) is 83.9 Å². The molecule has 1 aliphatic rings. The number of pyridine rings is 3. The van der Waals surface area contributed by atoms with Crippen LogP contribution in [-0.4, -0.2) is 29.1 Å². The van der Waals surface area contributed by atoms with E-state index in [1.807, 2.05) is 49.2 Å². The molecule has 0 amide bonds. The predicted octanol–water partition coefficient (Wildman–Crippen LogP) is 11.5. The Morgan fingerprint density at radius 2 is 1.32 bits per heavy atom. The Labute approximate surface area is 323 Å². The van der Waals surface area contributed by atoms with Crippen LogP contribution in [0, 0.1) is 12.1 Å². The van der Waals surface area contributed by atoms with Gasteiger partial charge < -0.3 is 0 Å². The summed E-state index contributed by atoms with van der Waals surface area (Å²) in [5.41, 5.74) is 14.1. The largest absolute Gasteiger partial charge is 0.294 e. The van der Waals surface area contributed by atoms with Crippen molar-refractivity contribution < 1.29 is 0 Å². The second kappa shape index (κ2) is 13.0. The zero-order chi connectivity index (χ0) is 37.0. The first-order valence-electron chi connectivity index (χ1n) is 18.8. The second-order valence-electron chi connectivity index (χ2n) is 14.2. The van der Waals surface area contributed by atoms with Crippen LogP contribution in [0.4, 0.5) is 0 Å². The van der Waals surface area contributed by atoms with Gasteiger partial charge in [-0.1, -0.05) is 78.9 Å². The summed E-state index contributed by atoms with van der Waals surface area (Å²) in [5, 5.41) is 4.27. The lowest BCUT2D eigenvalue weighted by Crippen LogP contribution is -2.04. The zero-order valence-corrected chi connectivity index (χ0v) is 30.2. The van der Waals surface area contributed by atoms with Gasteiger partial charge in [0.15, 0.2) is 5.65 Å². The molecule has 1 unspecified atom stereocenters. The lowest BCUT2D eigenvalue weighted by molar-refractivity contribution is 0.866. The van der Waals surface area contributed by atoms with E-state index in [4.69, 9.17) is 9.97 Å². The van der Waals surface area contributed by atoms with Crippen LogP contribution in [0.2, 0.25) is 0 Å². The van der Waals surface area contributed by atoms with E-state index in [2.05, 4.69) is 153 Å². The first kappa shape index (κ1) is 31.9. The first-order chi connectivity index (χ1) is 27.8. The summed E-state index contributed by atoms with van der Waals surface area (Å²) >= 11 is 0. The van der Waals surface area contributed by atoms with E-state index < -0.39 is 0 Å². The van der Waals surface area contributed by atoms with E-state index in [9.17, 15) is 0 Å². The van der Waals surface area contributed by atoms with Crippen molar-refractivity contribution in [3.05, 3.63) is 200 Å². The van der Waals surface area contributed by atoms with E-state index in [-0.39, 0.29) is 5.92 Å². The summed E-state index contributed by atoms with van der Waals surface area (Å²) < 4.78 is 4.51. The lowest BCUT2D eigenvalue weighted by Gasteiger charge is -2.22. The molecule has 0 N–H and O–H groups in total. The molecule has 0 bridgehead atoms. The fourth-order valence-corrected chi connectivity index (χ4v) is 8.54.